The lowest BCUT2D eigenvalue weighted by molar-refractivity contribution is 0.311. The van der Waals surface area contributed by atoms with Crippen molar-refractivity contribution in [1.82, 2.24) is 0 Å². The summed E-state index contributed by atoms with van der Waals surface area (Å²) in [5.41, 5.74) is 6.52. The van der Waals surface area contributed by atoms with Crippen molar-refractivity contribution >= 4 is 9.84 Å². The Bertz CT molecular complexity index is 485. The molecule has 0 unspecified atom stereocenters. The number of benzene rings is 1. The van der Waals surface area contributed by atoms with E-state index in [-0.39, 0.29) is 12.4 Å². The summed E-state index contributed by atoms with van der Waals surface area (Å²) in [5, 5.41) is 0. The highest BCUT2D eigenvalue weighted by molar-refractivity contribution is 7.90. The SMILES string of the molecule is COc1ccc(CCN)cc1OCCS(C)(=O)=O. The standard InChI is InChI=1S/C12H19NO4S/c1-16-11-4-3-10(5-6-13)9-12(11)17-7-8-18(2,14)15/h3-4,9H,5-8,13H2,1-2H3. The van der Waals surface area contributed by atoms with E-state index in [0.717, 1.165) is 12.0 Å². The molecule has 1 aromatic rings. The summed E-state index contributed by atoms with van der Waals surface area (Å²) >= 11 is 0. The van der Waals surface area contributed by atoms with E-state index < -0.39 is 9.84 Å². The first-order valence-electron chi connectivity index (χ1n) is 5.64. The van der Waals surface area contributed by atoms with Gasteiger partial charge in [0, 0.05) is 6.26 Å². The summed E-state index contributed by atoms with van der Waals surface area (Å²) in [7, 11) is -1.48. The molecule has 0 aliphatic heterocycles. The number of nitrogens with two attached hydrogens (primary N) is 1. The Hall–Kier alpha value is -1.27. The first kappa shape index (κ1) is 14.8. The van der Waals surface area contributed by atoms with E-state index in [9.17, 15) is 8.42 Å². The second kappa shape index (κ2) is 6.61. The topological polar surface area (TPSA) is 78.6 Å². The van der Waals surface area contributed by atoms with Gasteiger partial charge in [0.05, 0.1) is 12.9 Å². The van der Waals surface area contributed by atoms with Crippen LogP contribution in [0, 0.1) is 0 Å². The minimum absolute atomic E-state index is 0.0166. The fraction of sp³-hybridized carbons (Fsp3) is 0.500. The fourth-order valence-electron chi connectivity index (χ4n) is 1.46. The number of hydrogen-bond acceptors (Lipinski definition) is 5. The number of ether oxygens (including phenoxy) is 2. The lowest BCUT2D eigenvalue weighted by atomic mass is 10.1. The van der Waals surface area contributed by atoms with Crippen LogP contribution in [0.4, 0.5) is 0 Å². The Kier molecular flexibility index (Phi) is 5.43. The molecule has 1 aromatic carbocycles. The molecule has 0 bridgehead atoms. The summed E-state index contributed by atoms with van der Waals surface area (Å²) in [6, 6.07) is 5.53. The predicted octanol–water partition coefficient (Wildman–Crippen LogP) is 0.620. The van der Waals surface area contributed by atoms with Crippen molar-refractivity contribution < 1.29 is 17.9 Å². The van der Waals surface area contributed by atoms with Gasteiger partial charge in [0.25, 0.3) is 0 Å². The molecular formula is C12H19NO4S. The largest absolute Gasteiger partial charge is 0.493 e. The van der Waals surface area contributed by atoms with Gasteiger partial charge in [-0.15, -0.1) is 0 Å². The summed E-state index contributed by atoms with van der Waals surface area (Å²) in [6.07, 6.45) is 1.92. The number of hydrogen-bond donors (Lipinski definition) is 1. The van der Waals surface area contributed by atoms with Gasteiger partial charge >= 0.3 is 0 Å². The van der Waals surface area contributed by atoms with Crippen molar-refractivity contribution in [2.45, 2.75) is 6.42 Å². The van der Waals surface area contributed by atoms with E-state index in [0.29, 0.717) is 18.0 Å². The zero-order valence-corrected chi connectivity index (χ0v) is 11.5. The summed E-state index contributed by atoms with van der Waals surface area (Å²) < 4.78 is 32.6. The minimum atomic E-state index is -3.02. The quantitative estimate of drug-likeness (QED) is 0.788. The summed E-state index contributed by atoms with van der Waals surface area (Å²) in [4.78, 5) is 0. The maximum absolute atomic E-state index is 11.0. The zero-order valence-electron chi connectivity index (χ0n) is 10.7. The second-order valence-electron chi connectivity index (χ2n) is 4.00. The van der Waals surface area contributed by atoms with E-state index in [1.807, 2.05) is 12.1 Å². The van der Waals surface area contributed by atoms with E-state index in [4.69, 9.17) is 15.2 Å². The van der Waals surface area contributed by atoms with Crippen LogP contribution in [-0.2, 0) is 16.3 Å². The Morgan fingerprint density at radius 3 is 2.56 bits per heavy atom. The first-order valence-corrected chi connectivity index (χ1v) is 7.70. The molecule has 0 aromatic heterocycles. The second-order valence-corrected chi connectivity index (χ2v) is 6.26. The Balaban J connectivity index is 2.75. The molecule has 0 atom stereocenters. The van der Waals surface area contributed by atoms with Crippen molar-refractivity contribution in [3.63, 3.8) is 0 Å². The van der Waals surface area contributed by atoms with Crippen LogP contribution >= 0.6 is 0 Å². The Labute approximate surface area is 108 Å². The third-order valence-electron chi connectivity index (χ3n) is 2.37. The van der Waals surface area contributed by atoms with Crippen molar-refractivity contribution in [3.8, 4) is 11.5 Å². The van der Waals surface area contributed by atoms with Crippen molar-refractivity contribution in [1.29, 1.82) is 0 Å². The molecule has 2 N–H and O–H groups in total. The van der Waals surface area contributed by atoms with Crippen LogP contribution in [0.25, 0.3) is 0 Å². The van der Waals surface area contributed by atoms with Gasteiger partial charge < -0.3 is 15.2 Å². The number of rotatable bonds is 7. The molecular weight excluding hydrogens is 254 g/mol. The molecule has 0 aliphatic carbocycles. The molecule has 0 radical (unpaired) electrons. The maximum atomic E-state index is 11.0. The third-order valence-corrected chi connectivity index (χ3v) is 3.28. The molecule has 0 amide bonds. The molecule has 0 saturated carbocycles. The average molecular weight is 273 g/mol. The first-order chi connectivity index (χ1) is 8.46. The lowest BCUT2D eigenvalue weighted by Crippen LogP contribution is -2.12. The van der Waals surface area contributed by atoms with E-state index in [2.05, 4.69) is 0 Å². The molecule has 0 aliphatic rings. The zero-order chi connectivity index (χ0) is 13.6. The van der Waals surface area contributed by atoms with Crippen LogP contribution in [0.1, 0.15) is 5.56 Å². The highest BCUT2D eigenvalue weighted by Gasteiger charge is 2.08. The average Bonchev–Trinajstić information content (AvgIpc) is 2.28. The normalized spacial score (nSPS) is 11.3. The number of methoxy groups -OCH3 is 1. The van der Waals surface area contributed by atoms with Gasteiger partial charge in [0.1, 0.15) is 6.61 Å². The van der Waals surface area contributed by atoms with Gasteiger partial charge in [-0.1, -0.05) is 6.07 Å². The molecule has 0 heterocycles. The molecule has 0 saturated heterocycles. The highest BCUT2D eigenvalue weighted by Crippen LogP contribution is 2.28. The monoisotopic (exact) mass is 273 g/mol. The maximum Gasteiger partial charge on any atom is 0.161 e. The van der Waals surface area contributed by atoms with Crippen molar-refractivity contribution in [3.05, 3.63) is 23.8 Å². The molecule has 6 heteroatoms. The number of sulfone groups is 1. The Morgan fingerprint density at radius 1 is 1.28 bits per heavy atom. The fourth-order valence-corrected chi connectivity index (χ4v) is 1.85. The van der Waals surface area contributed by atoms with Gasteiger partial charge in [-0.25, -0.2) is 8.42 Å². The van der Waals surface area contributed by atoms with Crippen LogP contribution in [0.2, 0.25) is 0 Å². The molecule has 18 heavy (non-hydrogen) atoms. The van der Waals surface area contributed by atoms with Crippen molar-refractivity contribution in [2.24, 2.45) is 5.73 Å². The molecule has 1 rings (SSSR count). The van der Waals surface area contributed by atoms with Gasteiger partial charge in [-0.05, 0) is 30.7 Å². The Morgan fingerprint density at radius 2 is 2.00 bits per heavy atom. The van der Waals surface area contributed by atoms with Crippen LogP contribution in [0.3, 0.4) is 0 Å². The van der Waals surface area contributed by atoms with Crippen LogP contribution in [-0.4, -0.2) is 40.7 Å². The van der Waals surface area contributed by atoms with E-state index in [1.165, 1.54) is 6.26 Å². The summed E-state index contributed by atoms with van der Waals surface area (Å²) in [5.74, 6) is 1.12. The van der Waals surface area contributed by atoms with Crippen LogP contribution in [0.5, 0.6) is 11.5 Å². The van der Waals surface area contributed by atoms with Gasteiger partial charge in [-0.2, -0.15) is 0 Å². The van der Waals surface area contributed by atoms with Gasteiger partial charge in [0.2, 0.25) is 0 Å². The minimum Gasteiger partial charge on any atom is -0.493 e. The molecule has 0 spiro atoms. The molecule has 0 fully saturated rings. The van der Waals surface area contributed by atoms with Crippen LogP contribution < -0.4 is 15.2 Å². The third kappa shape index (κ3) is 4.93. The smallest absolute Gasteiger partial charge is 0.161 e. The lowest BCUT2D eigenvalue weighted by Gasteiger charge is -2.11. The summed E-state index contributed by atoms with van der Waals surface area (Å²) in [6.45, 7) is 0.663. The molecule has 102 valence electrons. The van der Waals surface area contributed by atoms with Crippen molar-refractivity contribution in [2.75, 3.05) is 32.3 Å². The highest BCUT2D eigenvalue weighted by atomic mass is 32.2. The predicted molar refractivity (Wildman–Crippen MR) is 71.0 cm³/mol. The van der Waals surface area contributed by atoms with E-state index >= 15 is 0 Å². The molecule has 5 nitrogen and oxygen atoms in total. The van der Waals surface area contributed by atoms with Crippen LogP contribution in [0.15, 0.2) is 18.2 Å². The van der Waals surface area contributed by atoms with Gasteiger partial charge in [-0.3, -0.25) is 0 Å². The van der Waals surface area contributed by atoms with E-state index in [1.54, 1.807) is 13.2 Å². The van der Waals surface area contributed by atoms with Gasteiger partial charge in [0.15, 0.2) is 21.3 Å².